The van der Waals surface area contributed by atoms with Crippen LogP contribution in [0.1, 0.15) is 35.4 Å². The van der Waals surface area contributed by atoms with Crippen LogP contribution in [0.3, 0.4) is 0 Å². The molecule has 2 aromatic carbocycles. The summed E-state index contributed by atoms with van der Waals surface area (Å²) in [5.41, 5.74) is 3.98. The largest absolute Gasteiger partial charge is 0.393 e. The maximum Gasteiger partial charge on any atom is 0.0552 e. The Bertz CT molecular complexity index is 542. The highest BCUT2D eigenvalue weighted by Crippen LogP contribution is 2.61. The molecule has 3 rings (SSSR count). The van der Waals surface area contributed by atoms with E-state index in [0.29, 0.717) is 17.8 Å². The van der Waals surface area contributed by atoms with E-state index in [1.807, 2.05) is 13.0 Å². The normalized spacial score (nSPS) is 27.0. The molecule has 0 aliphatic heterocycles. The summed E-state index contributed by atoms with van der Waals surface area (Å²) >= 11 is 0. The molecule has 1 heteroatoms. The Hall–Kier alpha value is -1.60. The summed E-state index contributed by atoms with van der Waals surface area (Å²) in [5, 5.41) is 10.0. The molecular formula is C18H20O. The Balaban J connectivity index is 1.91. The van der Waals surface area contributed by atoms with Gasteiger partial charge in [0.2, 0.25) is 0 Å². The van der Waals surface area contributed by atoms with Gasteiger partial charge in [-0.15, -0.1) is 0 Å². The van der Waals surface area contributed by atoms with Gasteiger partial charge in [-0.2, -0.15) is 0 Å². The maximum absolute atomic E-state index is 10.0. The first kappa shape index (κ1) is 12.4. The van der Waals surface area contributed by atoms with E-state index in [1.54, 1.807) is 0 Å². The third-order valence-electron chi connectivity index (χ3n) is 4.28. The lowest BCUT2D eigenvalue weighted by Crippen LogP contribution is -2.04. The molecule has 0 spiro atoms. The Morgan fingerprint density at radius 2 is 1.37 bits per heavy atom. The predicted molar refractivity (Wildman–Crippen MR) is 78.3 cm³/mol. The minimum atomic E-state index is -0.253. The van der Waals surface area contributed by atoms with Crippen LogP contribution in [-0.2, 0) is 0 Å². The van der Waals surface area contributed by atoms with Crippen molar-refractivity contribution >= 4 is 0 Å². The van der Waals surface area contributed by atoms with Gasteiger partial charge in [0.05, 0.1) is 6.10 Å². The van der Waals surface area contributed by atoms with Crippen molar-refractivity contribution in [2.45, 2.75) is 31.8 Å². The van der Waals surface area contributed by atoms with Crippen molar-refractivity contribution in [3.63, 3.8) is 0 Å². The van der Waals surface area contributed by atoms with E-state index in [1.165, 1.54) is 16.7 Å². The molecule has 0 radical (unpaired) electrons. The van der Waals surface area contributed by atoms with Crippen LogP contribution < -0.4 is 0 Å². The number of hydrogen-bond acceptors (Lipinski definition) is 1. The third kappa shape index (κ3) is 2.31. The van der Waals surface area contributed by atoms with Crippen molar-refractivity contribution in [1.82, 2.24) is 0 Å². The van der Waals surface area contributed by atoms with Gasteiger partial charge in [-0.1, -0.05) is 60.2 Å². The first-order chi connectivity index (χ1) is 9.18. The average molecular weight is 252 g/mol. The topological polar surface area (TPSA) is 20.2 Å². The van der Waals surface area contributed by atoms with Crippen molar-refractivity contribution in [3.05, 3.63) is 71.3 Å². The van der Waals surface area contributed by atoms with Gasteiger partial charge in [0.1, 0.15) is 0 Å². The minimum Gasteiger partial charge on any atom is -0.393 e. The summed E-state index contributed by atoms with van der Waals surface area (Å²) < 4.78 is 0. The van der Waals surface area contributed by atoms with Crippen LogP contribution >= 0.6 is 0 Å². The third-order valence-corrected chi connectivity index (χ3v) is 4.28. The van der Waals surface area contributed by atoms with Gasteiger partial charge in [-0.25, -0.2) is 0 Å². The van der Waals surface area contributed by atoms with Crippen LogP contribution in [0.5, 0.6) is 0 Å². The SMILES string of the molecule is Cc1ccc([C@H]2C(c3ccccc3)[C@@H]2[C@H](C)O)cc1. The molecular weight excluding hydrogens is 232 g/mol. The lowest BCUT2D eigenvalue weighted by atomic mass is 10.0. The van der Waals surface area contributed by atoms with E-state index in [2.05, 4.69) is 55.5 Å². The number of aliphatic hydroxyl groups excluding tert-OH is 1. The van der Waals surface area contributed by atoms with Crippen LogP contribution in [-0.4, -0.2) is 11.2 Å². The molecule has 0 bridgehead atoms. The first-order valence-corrected chi connectivity index (χ1v) is 6.98. The summed E-state index contributed by atoms with van der Waals surface area (Å²) in [6.45, 7) is 4.02. The lowest BCUT2D eigenvalue weighted by Gasteiger charge is -2.03. The molecule has 1 aliphatic carbocycles. The summed E-state index contributed by atoms with van der Waals surface area (Å²) in [5.74, 6) is 1.28. The van der Waals surface area contributed by atoms with E-state index in [-0.39, 0.29) is 6.10 Å². The van der Waals surface area contributed by atoms with Crippen LogP contribution in [0.2, 0.25) is 0 Å². The molecule has 1 aliphatic rings. The van der Waals surface area contributed by atoms with Gasteiger partial charge in [-0.3, -0.25) is 0 Å². The zero-order valence-corrected chi connectivity index (χ0v) is 11.5. The Kier molecular flexibility index (Phi) is 3.16. The van der Waals surface area contributed by atoms with Crippen LogP contribution in [0.25, 0.3) is 0 Å². The van der Waals surface area contributed by atoms with Gasteiger partial charge < -0.3 is 5.11 Å². The molecule has 0 heterocycles. The second kappa shape index (κ2) is 4.82. The average Bonchev–Trinajstić information content (AvgIpc) is 3.16. The molecule has 0 aromatic heterocycles. The standard InChI is InChI=1S/C18H20O/c1-12-8-10-15(11-9-12)18-16(13(2)19)17(18)14-6-4-3-5-7-14/h3-11,13,16-19H,1-2H3/t13-,16-,17?,18+/m0/s1. The van der Waals surface area contributed by atoms with E-state index < -0.39 is 0 Å². The van der Waals surface area contributed by atoms with E-state index in [9.17, 15) is 5.11 Å². The number of aryl methyl sites for hydroxylation is 1. The molecule has 1 N–H and O–H groups in total. The summed E-state index contributed by atoms with van der Waals surface area (Å²) in [6.07, 6.45) is -0.253. The molecule has 1 nitrogen and oxygen atoms in total. The number of rotatable bonds is 3. The van der Waals surface area contributed by atoms with Gasteiger partial charge in [0.15, 0.2) is 0 Å². The summed E-state index contributed by atoms with van der Waals surface area (Å²) in [7, 11) is 0. The second-order valence-electron chi connectivity index (χ2n) is 5.69. The smallest absolute Gasteiger partial charge is 0.0552 e. The van der Waals surface area contributed by atoms with Crippen molar-refractivity contribution in [2.75, 3.05) is 0 Å². The number of benzene rings is 2. The van der Waals surface area contributed by atoms with E-state index >= 15 is 0 Å². The van der Waals surface area contributed by atoms with Crippen molar-refractivity contribution in [2.24, 2.45) is 5.92 Å². The molecule has 19 heavy (non-hydrogen) atoms. The maximum atomic E-state index is 10.0. The zero-order valence-electron chi connectivity index (χ0n) is 11.5. The second-order valence-corrected chi connectivity index (χ2v) is 5.69. The Morgan fingerprint density at radius 1 is 0.842 bits per heavy atom. The molecule has 4 atom stereocenters. The van der Waals surface area contributed by atoms with Crippen LogP contribution in [0.4, 0.5) is 0 Å². The molecule has 0 amide bonds. The van der Waals surface area contributed by atoms with Gasteiger partial charge in [0.25, 0.3) is 0 Å². The zero-order chi connectivity index (χ0) is 13.4. The molecule has 98 valence electrons. The molecule has 1 fully saturated rings. The summed E-state index contributed by atoms with van der Waals surface area (Å²) in [6, 6.07) is 19.3. The Morgan fingerprint density at radius 3 is 1.89 bits per heavy atom. The number of hydrogen-bond donors (Lipinski definition) is 1. The fourth-order valence-electron chi connectivity index (χ4n) is 3.26. The minimum absolute atomic E-state index is 0.253. The quantitative estimate of drug-likeness (QED) is 0.879. The van der Waals surface area contributed by atoms with Crippen LogP contribution in [0.15, 0.2) is 54.6 Å². The molecule has 0 saturated heterocycles. The Labute approximate surface area is 114 Å². The molecule has 2 aromatic rings. The van der Waals surface area contributed by atoms with Crippen molar-refractivity contribution < 1.29 is 5.11 Å². The fourth-order valence-corrected chi connectivity index (χ4v) is 3.26. The highest BCUT2D eigenvalue weighted by atomic mass is 16.3. The van der Waals surface area contributed by atoms with Crippen LogP contribution in [0, 0.1) is 12.8 Å². The van der Waals surface area contributed by atoms with Gasteiger partial charge in [0, 0.05) is 0 Å². The lowest BCUT2D eigenvalue weighted by molar-refractivity contribution is 0.166. The van der Waals surface area contributed by atoms with Crippen molar-refractivity contribution in [1.29, 1.82) is 0 Å². The fraction of sp³-hybridized carbons (Fsp3) is 0.333. The van der Waals surface area contributed by atoms with E-state index in [0.717, 1.165) is 0 Å². The van der Waals surface area contributed by atoms with Crippen molar-refractivity contribution in [3.8, 4) is 0 Å². The monoisotopic (exact) mass is 252 g/mol. The van der Waals surface area contributed by atoms with Gasteiger partial charge in [-0.05, 0) is 42.7 Å². The van der Waals surface area contributed by atoms with E-state index in [4.69, 9.17) is 0 Å². The molecule has 1 saturated carbocycles. The number of aliphatic hydroxyl groups is 1. The first-order valence-electron chi connectivity index (χ1n) is 6.98. The van der Waals surface area contributed by atoms with Gasteiger partial charge >= 0.3 is 0 Å². The highest BCUT2D eigenvalue weighted by molar-refractivity contribution is 5.40. The summed E-state index contributed by atoms with van der Waals surface area (Å²) in [4.78, 5) is 0. The highest BCUT2D eigenvalue weighted by Gasteiger charge is 2.53. The molecule has 1 unspecified atom stereocenters. The predicted octanol–water partition coefficient (Wildman–Crippen LogP) is 3.87.